The van der Waals surface area contributed by atoms with Crippen LogP contribution < -0.4 is 20.1 Å². The van der Waals surface area contributed by atoms with Gasteiger partial charge < -0.3 is 24.8 Å². The van der Waals surface area contributed by atoms with Crippen molar-refractivity contribution in [3.05, 3.63) is 35.7 Å². The number of methoxy groups -OCH3 is 3. The van der Waals surface area contributed by atoms with Gasteiger partial charge in [0, 0.05) is 24.9 Å². The fraction of sp³-hybridized carbons (Fsp3) is 0.421. The molecular weight excluding hydrogens is 400 g/mol. The van der Waals surface area contributed by atoms with E-state index in [4.69, 9.17) is 14.2 Å². The summed E-state index contributed by atoms with van der Waals surface area (Å²) in [6.07, 6.45) is 3.88. The minimum absolute atomic E-state index is 0. The summed E-state index contributed by atoms with van der Waals surface area (Å²) in [4.78, 5) is 24.8. The number of hydrogen-bond donors (Lipinski definition) is 2. The number of rotatable bonds is 6. The molecule has 158 valence electrons. The second kappa shape index (κ2) is 10.1. The number of carbonyl (C=O) groups is 2. The van der Waals surface area contributed by atoms with Gasteiger partial charge in [0.05, 0.1) is 38.6 Å². The van der Waals surface area contributed by atoms with Gasteiger partial charge in [0.25, 0.3) is 5.91 Å². The topological polar surface area (TPSA) is 104 Å². The van der Waals surface area contributed by atoms with Gasteiger partial charge in [-0.3, -0.25) is 9.48 Å². The van der Waals surface area contributed by atoms with Crippen LogP contribution in [0.15, 0.2) is 24.4 Å². The van der Waals surface area contributed by atoms with Crippen molar-refractivity contribution < 1.29 is 23.8 Å². The molecule has 9 nitrogen and oxygen atoms in total. The first-order chi connectivity index (χ1) is 13.6. The molecule has 1 aliphatic rings. The predicted octanol–water partition coefficient (Wildman–Crippen LogP) is 2.29. The zero-order valence-electron chi connectivity index (χ0n) is 16.6. The standard InChI is InChI=1S/C19H24N4O5.ClH/c1-26-16-9-13(19(25)28-3)15(10-17(16)27-2)21-18(24)14-6-8-23(22-14)12-5-4-7-20-11-12;/h6,8-10,12,20H,4-5,7,11H2,1-3H3,(H,21,24);1H. The lowest BCUT2D eigenvalue weighted by molar-refractivity contribution is 0.0601. The normalized spacial score (nSPS) is 15.8. The molecule has 1 aliphatic heterocycles. The second-order valence-corrected chi connectivity index (χ2v) is 6.38. The molecule has 0 radical (unpaired) electrons. The molecular formula is C19H25ClN4O5. The van der Waals surface area contributed by atoms with E-state index in [1.54, 1.807) is 16.9 Å². The van der Waals surface area contributed by atoms with E-state index < -0.39 is 11.9 Å². The molecule has 29 heavy (non-hydrogen) atoms. The number of ether oxygens (including phenoxy) is 3. The van der Waals surface area contributed by atoms with Crippen molar-refractivity contribution in [3.8, 4) is 11.5 Å². The number of anilines is 1. The smallest absolute Gasteiger partial charge is 0.340 e. The maximum absolute atomic E-state index is 12.7. The lowest BCUT2D eigenvalue weighted by atomic mass is 10.1. The summed E-state index contributed by atoms with van der Waals surface area (Å²) >= 11 is 0. The van der Waals surface area contributed by atoms with E-state index in [2.05, 4.69) is 15.7 Å². The quantitative estimate of drug-likeness (QED) is 0.685. The van der Waals surface area contributed by atoms with Crippen LogP contribution in [0, 0.1) is 0 Å². The molecule has 1 amide bonds. The van der Waals surface area contributed by atoms with E-state index >= 15 is 0 Å². The van der Waals surface area contributed by atoms with Gasteiger partial charge in [-0.05, 0) is 25.5 Å². The van der Waals surface area contributed by atoms with Gasteiger partial charge in [0.2, 0.25) is 0 Å². The summed E-state index contributed by atoms with van der Waals surface area (Å²) in [6, 6.07) is 4.86. The highest BCUT2D eigenvalue weighted by molar-refractivity contribution is 6.07. The summed E-state index contributed by atoms with van der Waals surface area (Å²) in [5, 5.41) is 10.4. The maximum Gasteiger partial charge on any atom is 0.340 e. The van der Waals surface area contributed by atoms with E-state index in [1.165, 1.54) is 33.5 Å². The molecule has 1 aromatic heterocycles. The molecule has 0 saturated carbocycles. The molecule has 0 aliphatic carbocycles. The molecule has 1 aromatic carbocycles. The Bertz CT molecular complexity index is 864. The number of aromatic nitrogens is 2. The third-order valence-electron chi connectivity index (χ3n) is 4.66. The van der Waals surface area contributed by atoms with Gasteiger partial charge in [-0.1, -0.05) is 0 Å². The van der Waals surface area contributed by atoms with Crippen LogP contribution >= 0.6 is 12.4 Å². The largest absolute Gasteiger partial charge is 0.493 e. The van der Waals surface area contributed by atoms with Crippen molar-refractivity contribution in [1.82, 2.24) is 15.1 Å². The van der Waals surface area contributed by atoms with Crippen molar-refractivity contribution in [1.29, 1.82) is 0 Å². The van der Waals surface area contributed by atoms with E-state index in [0.717, 1.165) is 25.9 Å². The first kappa shape index (κ1) is 22.5. The molecule has 2 aromatic rings. The van der Waals surface area contributed by atoms with Crippen molar-refractivity contribution in [2.24, 2.45) is 0 Å². The highest BCUT2D eigenvalue weighted by Crippen LogP contribution is 2.34. The van der Waals surface area contributed by atoms with Crippen LogP contribution in [-0.2, 0) is 4.74 Å². The Morgan fingerprint density at radius 1 is 1.21 bits per heavy atom. The van der Waals surface area contributed by atoms with Crippen molar-refractivity contribution in [2.45, 2.75) is 18.9 Å². The van der Waals surface area contributed by atoms with Gasteiger partial charge in [-0.15, -0.1) is 12.4 Å². The third kappa shape index (κ3) is 4.99. The van der Waals surface area contributed by atoms with Gasteiger partial charge >= 0.3 is 5.97 Å². The van der Waals surface area contributed by atoms with E-state index in [0.29, 0.717) is 11.5 Å². The monoisotopic (exact) mass is 424 g/mol. The highest BCUT2D eigenvalue weighted by atomic mass is 35.5. The minimum Gasteiger partial charge on any atom is -0.493 e. The number of nitrogens with one attached hydrogen (secondary N) is 2. The number of esters is 1. The number of piperidine rings is 1. The Morgan fingerprint density at radius 3 is 2.55 bits per heavy atom. The zero-order chi connectivity index (χ0) is 20.1. The van der Waals surface area contributed by atoms with Crippen molar-refractivity contribution in [2.75, 3.05) is 39.7 Å². The van der Waals surface area contributed by atoms with Crippen LogP contribution in [0.4, 0.5) is 5.69 Å². The zero-order valence-corrected chi connectivity index (χ0v) is 17.4. The van der Waals surface area contributed by atoms with Crippen LogP contribution in [0.3, 0.4) is 0 Å². The minimum atomic E-state index is -0.602. The van der Waals surface area contributed by atoms with E-state index in [1.807, 2.05) is 0 Å². The number of halogens is 1. The van der Waals surface area contributed by atoms with Crippen LogP contribution in [0.2, 0.25) is 0 Å². The van der Waals surface area contributed by atoms with Gasteiger partial charge in [-0.2, -0.15) is 5.10 Å². The van der Waals surface area contributed by atoms with Gasteiger partial charge in [0.1, 0.15) is 0 Å². The Labute approximate surface area is 175 Å². The molecule has 1 atom stereocenters. The second-order valence-electron chi connectivity index (χ2n) is 6.38. The molecule has 10 heteroatoms. The van der Waals surface area contributed by atoms with Crippen LogP contribution in [0.25, 0.3) is 0 Å². The Morgan fingerprint density at radius 2 is 1.93 bits per heavy atom. The Hall–Kier alpha value is -2.78. The first-order valence-corrected chi connectivity index (χ1v) is 8.99. The molecule has 3 rings (SSSR count). The number of nitrogens with zero attached hydrogens (tertiary/aromatic N) is 2. The summed E-state index contributed by atoms with van der Waals surface area (Å²) in [7, 11) is 4.20. The number of hydrogen-bond acceptors (Lipinski definition) is 7. The first-order valence-electron chi connectivity index (χ1n) is 8.99. The molecule has 0 bridgehead atoms. The summed E-state index contributed by atoms with van der Waals surface area (Å²) < 4.78 is 17.1. The summed E-state index contributed by atoms with van der Waals surface area (Å²) in [5.41, 5.74) is 0.670. The Balaban J connectivity index is 0.00000300. The van der Waals surface area contributed by atoms with Gasteiger partial charge in [-0.25, -0.2) is 4.79 Å². The fourth-order valence-corrected chi connectivity index (χ4v) is 3.17. The average Bonchev–Trinajstić information content (AvgIpc) is 3.24. The van der Waals surface area contributed by atoms with Crippen molar-refractivity contribution >= 4 is 30.0 Å². The van der Waals surface area contributed by atoms with Gasteiger partial charge in [0.15, 0.2) is 17.2 Å². The van der Waals surface area contributed by atoms with E-state index in [9.17, 15) is 9.59 Å². The van der Waals surface area contributed by atoms with Crippen LogP contribution in [0.5, 0.6) is 11.5 Å². The fourth-order valence-electron chi connectivity index (χ4n) is 3.17. The molecule has 1 unspecified atom stereocenters. The summed E-state index contributed by atoms with van der Waals surface area (Å²) in [6.45, 7) is 1.83. The number of benzene rings is 1. The highest BCUT2D eigenvalue weighted by Gasteiger charge is 2.22. The lowest BCUT2D eigenvalue weighted by Gasteiger charge is -2.22. The SMILES string of the molecule is COC(=O)c1cc(OC)c(OC)cc1NC(=O)c1ccn(C2CCCNC2)n1.Cl. The molecule has 1 fully saturated rings. The predicted molar refractivity (Wildman–Crippen MR) is 109 cm³/mol. The van der Waals surface area contributed by atoms with Crippen LogP contribution in [-0.4, -0.2) is 56.1 Å². The Kier molecular flexibility index (Phi) is 7.86. The number of amides is 1. The third-order valence-corrected chi connectivity index (χ3v) is 4.66. The van der Waals surface area contributed by atoms with E-state index in [-0.39, 0.29) is 35.4 Å². The lowest BCUT2D eigenvalue weighted by Crippen LogP contribution is -2.32. The van der Waals surface area contributed by atoms with Crippen LogP contribution in [0.1, 0.15) is 39.7 Å². The molecule has 0 spiro atoms. The molecule has 1 saturated heterocycles. The summed E-state index contributed by atoms with van der Waals surface area (Å²) in [5.74, 6) is -0.297. The maximum atomic E-state index is 12.7. The number of carbonyl (C=O) groups excluding carboxylic acids is 2. The van der Waals surface area contributed by atoms with Crippen molar-refractivity contribution in [3.63, 3.8) is 0 Å². The molecule has 2 N–H and O–H groups in total. The molecule has 2 heterocycles. The average molecular weight is 425 g/mol.